The summed E-state index contributed by atoms with van der Waals surface area (Å²) in [5, 5.41) is 5.45. The van der Waals surface area contributed by atoms with E-state index < -0.39 is 56.4 Å². The van der Waals surface area contributed by atoms with Gasteiger partial charge in [-0.3, -0.25) is 18.9 Å². The molecule has 4 rings (SSSR count). The minimum absolute atomic E-state index is 0.102. The molecule has 220 valence electrons. The van der Waals surface area contributed by atoms with E-state index in [2.05, 4.69) is 10.6 Å². The topological polar surface area (TPSA) is 131 Å². The van der Waals surface area contributed by atoms with E-state index in [4.69, 9.17) is 4.74 Å². The molecule has 1 saturated carbocycles. The first kappa shape index (κ1) is 30.6. The van der Waals surface area contributed by atoms with Gasteiger partial charge in [0, 0.05) is 23.7 Å². The van der Waals surface area contributed by atoms with Gasteiger partial charge in [0.15, 0.2) is 5.75 Å². The molecular weight excluding hydrogens is 685 g/mol. The number of halogens is 5. The van der Waals surface area contributed by atoms with E-state index in [-0.39, 0.29) is 28.7 Å². The molecule has 0 radical (unpaired) electrons. The van der Waals surface area contributed by atoms with Crippen LogP contribution in [0.1, 0.15) is 34.3 Å². The van der Waals surface area contributed by atoms with E-state index in [0.29, 0.717) is 16.4 Å². The fraction of sp³-hybridized carbons (Fsp3) is 0.280. The molecule has 1 heterocycles. The molecule has 2 aromatic carbocycles. The van der Waals surface area contributed by atoms with E-state index in [0.717, 1.165) is 29.8 Å². The van der Waals surface area contributed by atoms with Gasteiger partial charge in [-0.1, -0.05) is 6.07 Å². The summed E-state index contributed by atoms with van der Waals surface area (Å²) >= 11 is 1.90. The quantitative estimate of drug-likeness (QED) is 0.187. The maximum Gasteiger partial charge on any atom is 0.422 e. The van der Waals surface area contributed by atoms with Crippen molar-refractivity contribution in [3.8, 4) is 11.5 Å². The van der Waals surface area contributed by atoms with Gasteiger partial charge in [-0.2, -0.15) is 21.6 Å². The lowest BCUT2D eigenvalue weighted by Crippen LogP contribution is -2.32. The Morgan fingerprint density at radius 1 is 1.15 bits per heavy atom. The van der Waals surface area contributed by atoms with Gasteiger partial charge in [-0.15, -0.1) is 0 Å². The third-order valence-corrected chi connectivity index (χ3v) is 7.82. The molecule has 10 nitrogen and oxygen atoms in total. The number of rotatable bonds is 9. The third-order valence-electron chi connectivity index (χ3n) is 6.12. The molecule has 0 bridgehead atoms. The highest BCUT2D eigenvalue weighted by Crippen LogP contribution is 2.44. The Morgan fingerprint density at radius 3 is 2.41 bits per heavy atom. The van der Waals surface area contributed by atoms with Crippen LogP contribution < -0.4 is 30.4 Å². The molecule has 0 spiro atoms. The lowest BCUT2D eigenvalue weighted by Gasteiger charge is -2.23. The number of carbonyl (C=O) groups is 1. The number of amides is 1. The van der Waals surface area contributed by atoms with Crippen molar-refractivity contribution in [2.75, 3.05) is 17.1 Å². The van der Waals surface area contributed by atoms with Gasteiger partial charge < -0.3 is 15.4 Å². The third kappa shape index (κ3) is 6.75. The Labute approximate surface area is 245 Å². The van der Waals surface area contributed by atoms with Crippen LogP contribution in [0.4, 0.5) is 34.8 Å². The van der Waals surface area contributed by atoms with E-state index in [1.165, 1.54) is 26.1 Å². The summed E-state index contributed by atoms with van der Waals surface area (Å²) < 4.78 is 92.6. The van der Waals surface area contributed by atoms with E-state index in [1.807, 2.05) is 27.3 Å². The minimum Gasteiger partial charge on any atom is -0.455 e. The van der Waals surface area contributed by atoms with Crippen LogP contribution in [0.3, 0.4) is 0 Å². The monoisotopic (exact) mass is 709 g/mol. The number of alkyl halides is 3. The normalized spacial score (nSPS) is 13.6. The lowest BCUT2D eigenvalue weighted by atomic mass is 10.1. The van der Waals surface area contributed by atoms with Crippen LogP contribution in [0, 0.1) is 16.3 Å². The molecule has 0 atom stereocenters. The van der Waals surface area contributed by atoms with E-state index >= 15 is 0 Å². The molecule has 1 aliphatic carbocycles. The number of anilines is 3. The van der Waals surface area contributed by atoms with Gasteiger partial charge in [0.1, 0.15) is 28.5 Å². The molecular formula is C25H24F4IN5O5S. The second-order valence-electron chi connectivity index (χ2n) is 9.13. The predicted molar refractivity (Wildman–Crippen MR) is 152 cm³/mol. The number of ether oxygens (including phenoxy) is 1. The van der Waals surface area contributed by atoms with Crippen molar-refractivity contribution in [3.63, 3.8) is 0 Å². The molecule has 3 aromatic rings. The second-order valence-corrected chi connectivity index (χ2v) is 12.0. The van der Waals surface area contributed by atoms with Gasteiger partial charge in [0.2, 0.25) is 0 Å². The van der Waals surface area contributed by atoms with Gasteiger partial charge in [-0.25, -0.2) is 9.11 Å². The van der Waals surface area contributed by atoms with Crippen LogP contribution in [0.25, 0.3) is 0 Å². The fourth-order valence-electron chi connectivity index (χ4n) is 3.90. The summed E-state index contributed by atoms with van der Waals surface area (Å²) in [7, 11) is -2.04. The Bertz CT molecular complexity index is 1690. The van der Waals surface area contributed by atoms with E-state index in [9.17, 15) is 35.6 Å². The summed E-state index contributed by atoms with van der Waals surface area (Å²) in [5.74, 6) is -3.09. The average molecular weight is 709 g/mol. The first-order valence-corrected chi connectivity index (χ1v) is 14.5. The summed E-state index contributed by atoms with van der Waals surface area (Å²) in [6.07, 6.45) is -3.78. The number of hydrogen-bond acceptors (Lipinski definition) is 6. The lowest BCUT2D eigenvalue weighted by molar-refractivity contribution is -0.137. The zero-order chi connectivity index (χ0) is 30.3. The van der Waals surface area contributed by atoms with Crippen molar-refractivity contribution in [3.05, 3.63) is 72.8 Å². The SMILES string of the molecule is CNS(=O)(=O)Nc1cccc(Oc2c(C(=O)NC3CC3)c(Nc3ccc(I)cc3F)n(C)c(=O)c2C)c1C(F)(F)F. The minimum atomic E-state index is -5.13. The zero-order valence-electron chi connectivity index (χ0n) is 21.7. The number of benzene rings is 2. The summed E-state index contributed by atoms with van der Waals surface area (Å²) in [6.45, 7) is 1.27. The first-order valence-electron chi connectivity index (χ1n) is 12.0. The molecule has 0 saturated heterocycles. The van der Waals surface area contributed by atoms with Crippen molar-refractivity contribution in [2.45, 2.75) is 32.0 Å². The smallest absolute Gasteiger partial charge is 0.422 e. The fourth-order valence-corrected chi connectivity index (χ4v) is 4.92. The summed E-state index contributed by atoms with van der Waals surface area (Å²) in [4.78, 5) is 26.7. The number of aromatic nitrogens is 1. The van der Waals surface area contributed by atoms with Crippen LogP contribution >= 0.6 is 22.6 Å². The molecule has 4 N–H and O–H groups in total. The number of nitrogens with one attached hydrogen (secondary N) is 4. The largest absolute Gasteiger partial charge is 0.455 e. The van der Waals surface area contributed by atoms with Gasteiger partial charge in [0.05, 0.1) is 16.9 Å². The van der Waals surface area contributed by atoms with Gasteiger partial charge >= 0.3 is 6.18 Å². The second kappa shape index (κ2) is 11.5. The van der Waals surface area contributed by atoms with Gasteiger partial charge in [0.25, 0.3) is 21.7 Å². The highest BCUT2D eigenvalue weighted by molar-refractivity contribution is 14.1. The molecule has 1 aromatic heterocycles. The van der Waals surface area contributed by atoms with Crippen LogP contribution in [-0.2, 0) is 23.4 Å². The van der Waals surface area contributed by atoms with Crippen molar-refractivity contribution >= 4 is 55.9 Å². The Morgan fingerprint density at radius 2 is 1.83 bits per heavy atom. The van der Waals surface area contributed by atoms with Crippen molar-refractivity contribution in [1.29, 1.82) is 0 Å². The summed E-state index contributed by atoms with van der Waals surface area (Å²) in [6, 6.07) is 6.89. The average Bonchev–Trinajstić information content (AvgIpc) is 3.70. The Kier molecular flexibility index (Phi) is 8.56. The zero-order valence-corrected chi connectivity index (χ0v) is 24.7. The number of carbonyl (C=O) groups excluding carboxylic acids is 1. The standard InChI is InChI=1S/C25H24F4IN5O5S/c1-12-21(40-18-6-4-5-17(20(18)25(27,28)29)34-41(38,39)31-2)19(23(36)32-14-8-9-14)22(35(3)24(12)37)33-16-10-7-13(30)11-15(16)26/h4-7,10-11,14,31,33-34H,8-9H2,1-3H3,(H,32,36). The summed E-state index contributed by atoms with van der Waals surface area (Å²) in [5.41, 5.74) is -3.74. The molecule has 1 amide bonds. The van der Waals surface area contributed by atoms with Crippen molar-refractivity contribution < 1.29 is 35.5 Å². The maximum atomic E-state index is 14.8. The molecule has 1 aliphatic rings. The highest BCUT2D eigenvalue weighted by Gasteiger charge is 2.39. The molecule has 16 heteroatoms. The maximum absolute atomic E-state index is 14.8. The van der Waals surface area contributed by atoms with Crippen LogP contribution in [0.15, 0.2) is 41.2 Å². The molecule has 1 fully saturated rings. The first-order chi connectivity index (χ1) is 19.1. The van der Waals surface area contributed by atoms with Crippen LogP contribution in [0.5, 0.6) is 11.5 Å². The molecule has 41 heavy (non-hydrogen) atoms. The Balaban J connectivity index is 1.95. The molecule has 0 unspecified atom stereocenters. The van der Waals surface area contributed by atoms with Crippen LogP contribution in [-0.4, -0.2) is 32.0 Å². The van der Waals surface area contributed by atoms with Crippen LogP contribution in [0.2, 0.25) is 0 Å². The molecule has 0 aliphatic heterocycles. The van der Waals surface area contributed by atoms with Crippen molar-refractivity contribution in [1.82, 2.24) is 14.6 Å². The van der Waals surface area contributed by atoms with E-state index in [1.54, 1.807) is 10.8 Å². The van der Waals surface area contributed by atoms with Crippen molar-refractivity contribution in [2.24, 2.45) is 7.05 Å². The number of nitrogens with zero attached hydrogens (tertiary/aromatic N) is 1. The van der Waals surface area contributed by atoms with Gasteiger partial charge in [-0.05, 0) is 72.7 Å². The Hall–Kier alpha value is -3.38. The predicted octanol–water partition coefficient (Wildman–Crippen LogP) is 4.76. The highest BCUT2D eigenvalue weighted by atomic mass is 127. The number of pyridine rings is 1. The number of hydrogen-bond donors (Lipinski definition) is 4.